The molecule has 0 aliphatic carbocycles. The number of benzene rings is 2. The van der Waals surface area contributed by atoms with Crippen molar-refractivity contribution in [1.29, 1.82) is 0 Å². The minimum Gasteiger partial charge on any atom is -0.355 e. The van der Waals surface area contributed by atoms with Crippen LogP contribution in [0.25, 0.3) is 21.8 Å². The normalized spacial score (nSPS) is 10.4. The van der Waals surface area contributed by atoms with Crippen molar-refractivity contribution in [3.8, 4) is 11.8 Å². The molecule has 0 aliphatic rings. The predicted molar refractivity (Wildman–Crippen MR) is 76.5 cm³/mol. The summed E-state index contributed by atoms with van der Waals surface area (Å²) in [6, 6.07) is 14.6. The minimum absolute atomic E-state index is 0.589. The van der Waals surface area contributed by atoms with E-state index in [1.807, 2.05) is 12.1 Å². The first-order valence-corrected chi connectivity index (χ1v) is 6.12. The molecule has 0 spiro atoms. The van der Waals surface area contributed by atoms with Crippen LogP contribution >= 0.6 is 12.6 Å². The Bertz CT molecular complexity index is 744. The van der Waals surface area contributed by atoms with Crippen LogP contribution in [0.15, 0.2) is 42.5 Å². The Morgan fingerprint density at radius 2 is 1.82 bits per heavy atom. The maximum absolute atomic E-state index is 4.09. The van der Waals surface area contributed by atoms with E-state index in [1.165, 1.54) is 16.3 Å². The van der Waals surface area contributed by atoms with Gasteiger partial charge < -0.3 is 4.98 Å². The highest BCUT2D eigenvalue weighted by Crippen LogP contribution is 2.25. The number of nitrogens with one attached hydrogen (secondary N) is 1. The number of para-hydroxylation sites is 1. The van der Waals surface area contributed by atoms with E-state index in [4.69, 9.17) is 0 Å². The zero-order chi connectivity index (χ0) is 11.7. The third-order valence-electron chi connectivity index (χ3n) is 2.82. The van der Waals surface area contributed by atoms with Crippen molar-refractivity contribution in [2.24, 2.45) is 0 Å². The topological polar surface area (TPSA) is 15.8 Å². The van der Waals surface area contributed by atoms with Crippen LogP contribution < -0.4 is 0 Å². The molecule has 0 radical (unpaired) electrons. The van der Waals surface area contributed by atoms with Crippen LogP contribution in [0.3, 0.4) is 0 Å². The molecule has 1 aromatic heterocycles. The molecule has 3 aromatic rings. The Morgan fingerprint density at radius 1 is 1.00 bits per heavy atom. The first-order valence-electron chi connectivity index (χ1n) is 5.49. The van der Waals surface area contributed by atoms with Crippen molar-refractivity contribution in [3.05, 3.63) is 48.0 Å². The van der Waals surface area contributed by atoms with Crippen molar-refractivity contribution >= 4 is 34.4 Å². The van der Waals surface area contributed by atoms with Crippen LogP contribution in [-0.2, 0) is 0 Å². The van der Waals surface area contributed by atoms with E-state index in [0.29, 0.717) is 5.75 Å². The number of fused-ring (bicyclic) bond motifs is 3. The summed E-state index contributed by atoms with van der Waals surface area (Å²) in [6.07, 6.45) is 0. The second kappa shape index (κ2) is 4.20. The van der Waals surface area contributed by atoms with E-state index < -0.39 is 0 Å². The Hall–Kier alpha value is -1.85. The van der Waals surface area contributed by atoms with Crippen molar-refractivity contribution < 1.29 is 0 Å². The molecule has 1 N–H and O–H groups in total. The summed E-state index contributed by atoms with van der Waals surface area (Å²) in [7, 11) is 0. The molecular formula is C15H11NS. The van der Waals surface area contributed by atoms with E-state index in [9.17, 15) is 0 Å². The van der Waals surface area contributed by atoms with Crippen molar-refractivity contribution in [2.45, 2.75) is 0 Å². The highest BCUT2D eigenvalue weighted by Gasteiger charge is 2.02. The molecule has 3 rings (SSSR count). The van der Waals surface area contributed by atoms with Crippen LogP contribution in [0.4, 0.5) is 0 Å². The lowest BCUT2D eigenvalue weighted by molar-refractivity contribution is 1.54. The Morgan fingerprint density at radius 3 is 2.71 bits per heavy atom. The zero-order valence-corrected chi connectivity index (χ0v) is 10.1. The number of hydrogen-bond acceptors (Lipinski definition) is 1. The minimum atomic E-state index is 0.589. The standard InChI is InChI=1S/C15H11NS/c17-9-3-4-11-7-8-15-13(10-11)12-5-1-2-6-14(12)16-15/h1-2,5-8,10,16-17H,9H2. The van der Waals surface area contributed by atoms with Crippen LogP contribution in [0.5, 0.6) is 0 Å². The highest BCUT2D eigenvalue weighted by molar-refractivity contribution is 7.80. The van der Waals surface area contributed by atoms with E-state index in [0.717, 1.165) is 11.1 Å². The number of rotatable bonds is 0. The Labute approximate surface area is 105 Å². The fraction of sp³-hybridized carbons (Fsp3) is 0.0667. The van der Waals surface area contributed by atoms with Gasteiger partial charge in [0.2, 0.25) is 0 Å². The summed E-state index contributed by atoms with van der Waals surface area (Å²) in [5, 5.41) is 2.48. The van der Waals surface area contributed by atoms with Gasteiger partial charge in [-0.25, -0.2) is 0 Å². The van der Waals surface area contributed by atoms with Crippen molar-refractivity contribution in [1.82, 2.24) is 4.98 Å². The zero-order valence-electron chi connectivity index (χ0n) is 9.20. The summed E-state index contributed by atoms with van der Waals surface area (Å²) in [5.74, 6) is 6.66. The predicted octanol–water partition coefficient (Wildman–Crippen LogP) is 3.60. The molecule has 0 unspecified atom stereocenters. The smallest absolute Gasteiger partial charge is 0.0521 e. The van der Waals surface area contributed by atoms with Gasteiger partial charge in [-0.05, 0) is 24.3 Å². The molecule has 1 heterocycles. The largest absolute Gasteiger partial charge is 0.355 e. The molecule has 0 bridgehead atoms. The second-order valence-electron chi connectivity index (χ2n) is 3.89. The lowest BCUT2D eigenvalue weighted by Gasteiger charge is -1.92. The molecule has 0 saturated heterocycles. The molecule has 2 heteroatoms. The van der Waals surface area contributed by atoms with E-state index in [-0.39, 0.29) is 0 Å². The van der Waals surface area contributed by atoms with Crippen LogP contribution in [-0.4, -0.2) is 10.7 Å². The average molecular weight is 237 g/mol. The van der Waals surface area contributed by atoms with Crippen molar-refractivity contribution in [3.63, 3.8) is 0 Å². The van der Waals surface area contributed by atoms with Crippen LogP contribution in [0.2, 0.25) is 0 Å². The summed E-state index contributed by atoms with van der Waals surface area (Å²) in [4.78, 5) is 3.40. The number of thiol groups is 1. The molecule has 0 fully saturated rings. The summed E-state index contributed by atoms with van der Waals surface area (Å²) >= 11 is 4.09. The first kappa shape index (κ1) is 10.3. The third kappa shape index (κ3) is 1.79. The van der Waals surface area contributed by atoms with Gasteiger partial charge in [-0.3, -0.25) is 0 Å². The maximum Gasteiger partial charge on any atom is 0.0521 e. The lowest BCUT2D eigenvalue weighted by Crippen LogP contribution is -1.74. The van der Waals surface area contributed by atoms with E-state index in [2.05, 4.69) is 59.8 Å². The van der Waals surface area contributed by atoms with Gasteiger partial charge in [0.25, 0.3) is 0 Å². The summed E-state index contributed by atoms with van der Waals surface area (Å²) in [6.45, 7) is 0. The molecule has 2 aromatic carbocycles. The van der Waals surface area contributed by atoms with E-state index >= 15 is 0 Å². The number of aromatic nitrogens is 1. The maximum atomic E-state index is 4.09. The molecule has 1 nitrogen and oxygen atoms in total. The molecule has 0 saturated carbocycles. The molecule has 0 aliphatic heterocycles. The lowest BCUT2D eigenvalue weighted by atomic mass is 10.1. The Kier molecular flexibility index (Phi) is 2.55. The highest BCUT2D eigenvalue weighted by atomic mass is 32.1. The summed E-state index contributed by atoms with van der Waals surface area (Å²) < 4.78 is 0. The quantitative estimate of drug-likeness (QED) is 0.439. The van der Waals surface area contributed by atoms with E-state index in [1.54, 1.807) is 0 Å². The van der Waals surface area contributed by atoms with Crippen LogP contribution in [0, 0.1) is 11.8 Å². The van der Waals surface area contributed by atoms with Crippen molar-refractivity contribution in [2.75, 3.05) is 5.75 Å². The van der Waals surface area contributed by atoms with Gasteiger partial charge in [0.1, 0.15) is 0 Å². The van der Waals surface area contributed by atoms with Gasteiger partial charge in [-0.15, -0.1) is 0 Å². The SMILES string of the molecule is SCC#Cc1ccc2[nH]c3ccccc3c2c1. The molecule has 82 valence electrons. The fourth-order valence-electron chi connectivity index (χ4n) is 2.07. The monoisotopic (exact) mass is 237 g/mol. The van der Waals surface area contributed by atoms with Gasteiger partial charge in [0.15, 0.2) is 0 Å². The number of H-pyrrole nitrogens is 1. The molecule has 17 heavy (non-hydrogen) atoms. The second-order valence-corrected chi connectivity index (χ2v) is 4.21. The van der Waals surface area contributed by atoms with Gasteiger partial charge >= 0.3 is 0 Å². The fourth-order valence-corrected chi connectivity index (χ4v) is 2.15. The number of aromatic amines is 1. The molecular weight excluding hydrogens is 226 g/mol. The Balaban J connectivity index is 2.30. The third-order valence-corrected chi connectivity index (χ3v) is 2.98. The summed E-state index contributed by atoms with van der Waals surface area (Å²) in [5.41, 5.74) is 3.36. The molecule has 0 amide bonds. The van der Waals surface area contributed by atoms with Gasteiger partial charge in [0, 0.05) is 27.4 Å². The average Bonchev–Trinajstić information content (AvgIpc) is 2.74. The van der Waals surface area contributed by atoms with Gasteiger partial charge in [-0.1, -0.05) is 30.0 Å². The van der Waals surface area contributed by atoms with Gasteiger partial charge in [-0.2, -0.15) is 12.6 Å². The number of hydrogen-bond donors (Lipinski definition) is 2. The molecule has 0 atom stereocenters. The van der Waals surface area contributed by atoms with Crippen LogP contribution in [0.1, 0.15) is 5.56 Å². The van der Waals surface area contributed by atoms with Gasteiger partial charge in [0.05, 0.1) is 5.75 Å². The first-order chi connectivity index (χ1) is 8.38.